The number of aryl methyl sites for hydroxylation is 2. The molecule has 0 radical (unpaired) electrons. The van der Waals surface area contributed by atoms with Crippen molar-refractivity contribution in [3.05, 3.63) is 29.3 Å². The smallest absolute Gasteiger partial charge is 0.243 e. The maximum absolute atomic E-state index is 13.0. The van der Waals surface area contributed by atoms with E-state index in [-0.39, 0.29) is 12.1 Å². The average Bonchev–Trinajstić information content (AvgIpc) is 2.41. The molecule has 1 aliphatic rings. The van der Waals surface area contributed by atoms with E-state index in [1.165, 1.54) is 0 Å². The number of rotatable bonds is 4. The third-order valence-electron chi connectivity index (χ3n) is 4.38. The summed E-state index contributed by atoms with van der Waals surface area (Å²) in [5.41, 5.74) is 7.83. The molecule has 2 N–H and O–H groups in total. The molecule has 0 heterocycles. The van der Waals surface area contributed by atoms with Crippen molar-refractivity contribution in [1.82, 2.24) is 4.31 Å². The lowest BCUT2D eigenvalue weighted by atomic mass is 9.92. The Balaban J connectivity index is 2.31. The first-order chi connectivity index (χ1) is 9.86. The van der Waals surface area contributed by atoms with Gasteiger partial charge in [0, 0.05) is 18.6 Å². The van der Waals surface area contributed by atoms with Crippen LogP contribution in [0.4, 0.5) is 0 Å². The fraction of sp³-hybridized carbons (Fsp3) is 0.625. The van der Waals surface area contributed by atoms with Gasteiger partial charge in [-0.1, -0.05) is 24.6 Å². The molecule has 1 fully saturated rings. The molecule has 2 rings (SSSR count). The number of benzene rings is 1. The zero-order chi connectivity index (χ0) is 15.6. The minimum absolute atomic E-state index is 0.0838. The van der Waals surface area contributed by atoms with Crippen molar-refractivity contribution >= 4 is 10.0 Å². The van der Waals surface area contributed by atoms with Gasteiger partial charge in [0.15, 0.2) is 0 Å². The van der Waals surface area contributed by atoms with Gasteiger partial charge in [0.2, 0.25) is 10.0 Å². The van der Waals surface area contributed by atoms with E-state index < -0.39 is 10.0 Å². The Morgan fingerprint density at radius 2 is 1.81 bits per heavy atom. The number of nitrogens with zero attached hydrogens (tertiary/aromatic N) is 1. The molecule has 0 unspecified atom stereocenters. The van der Waals surface area contributed by atoms with Crippen LogP contribution in [0.2, 0.25) is 0 Å². The first-order valence-electron chi connectivity index (χ1n) is 7.71. The minimum Gasteiger partial charge on any atom is -0.328 e. The first kappa shape index (κ1) is 16.5. The summed E-state index contributed by atoms with van der Waals surface area (Å²) in [6.45, 7) is 6.26. The van der Waals surface area contributed by atoms with Crippen LogP contribution in [-0.4, -0.2) is 31.4 Å². The highest BCUT2D eigenvalue weighted by Crippen LogP contribution is 2.28. The van der Waals surface area contributed by atoms with Crippen molar-refractivity contribution in [1.29, 1.82) is 0 Å². The van der Waals surface area contributed by atoms with E-state index in [1.54, 1.807) is 10.4 Å². The van der Waals surface area contributed by atoms with Crippen LogP contribution in [0.15, 0.2) is 23.1 Å². The molecule has 1 aliphatic carbocycles. The monoisotopic (exact) mass is 310 g/mol. The Morgan fingerprint density at radius 1 is 1.19 bits per heavy atom. The molecular weight excluding hydrogens is 284 g/mol. The van der Waals surface area contributed by atoms with E-state index in [0.717, 1.165) is 36.8 Å². The first-order valence-corrected chi connectivity index (χ1v) is 9.15. The molecule has 0 aliphatic heterocycles. The van der Waals surface area contributed by atoms with Crippen LogP contribution < -0.4 is 5.73 Å². The predicted octanol–water partition coefficient (Wildman–Crippen LogP) is 2.58. The molecule has 1 saturated carbocycles. The minimum atomic E-state index is -3.42. The van der Waals surface area contributed by atoms with Crippen LogP contribution in [0.25, 0.3) is 0 Å². The molecule has 21 heavy (non-hydrogen) atoms. The van der Waals surface area contributed by atoms with E-state index in [0.29, 0.717) is 11.4 Å². The van der Waals surface area contributed by atoms with E-state index in [9.17, 15) is 8.42 Å². The highest BCUT2D eigenvalue weighted by Gasteiger charge is 2.33. The molecule has 1 aromatic carbocycles. The van der Waals surface area contributed by atoms with Gasteiger partial charge < -0.3 is 5.73 Å². The third-order valence-corrected chi connectivity index (χ3v) is 6.57. The maximum atomic E-state index is 13.0. The fourth-order valence-electron chi connectivity index (χ4n) is 3.23. The van der Waals surface area contributed by atoms with Gasteiger partial charge in [0.05, 0.1) is 4.90 Å². The Bertz CT molecular complexity index is 590. The average molecular weight is 310 g/mol. The van der Waals surface area contributed by atoms with E-state index in [4.69, 9.17) is 5.73 Å². The number of hydrogen-bond acceptors (Lipinski definition) is 3. The molecule has 0 saturated heterocycles. The predicted molar refractivity (Wildman–Crippen MR) is 85.7 cm³/mol. The quantitative estimate of drug-likeness (QED) is 0.929. The van der Waals surface area contributed by atoms with Gasteiger partial charge in [0.25, 0.3) is 0 Å². The largest absolute Gasteiger partial charge is 0.328 e. The molecular formula is C16H26N2O2S. The van der Waals surface area contributed by atoms with Crippen molar-refractivity contribution in [2.75, 3.05) is 6.54 Å². The second-order valence-corrected chi connectivity index (χ2v) is 7.90. The molecule has 0 spiro atoms. The molecule has 0 aromatic heterocycles. The lowest BCUT2D eigenvalue weighted by Gasteiger charge is -2.34. The Kier molecular flexibility index (Phi) is 5.07. The second-order valence-electron chi connectivity index (χ2n) is 6.05. The fourth-order valence-corrected chi connectivity index (χ4v) is 5.13. The van der Waals surface area contributed by atoms with Gasteiger partial charge in [-0.25, -0.2) is 8.42 Å². The highest BCUT2D eigenvalue weighted by molar-refractivity contribution is 7.89. The second kappa shape index (κ2) is 6.46. The van der Waals surface area contributed by atoms with Crippen molar-refractivity contribution in [2.24, 2.45) is 5.73 Å². The van der Waals surface area contributed by atoms with Crippen LogP contribution in [0.1, 0.15) is 43.7 Å². The zero-order valence-electron chi connectivity index (χ0n) is 13.2. The summed E-state index contributed by atoms with van der Waals surface area (Å²) in [7, 11) is -3.42. The standard InChI is InChI=1S/C16H26N2O2S/c1-4-18(15-8-6-14(17)7-9-15)21(19,20)16-10-5-12(2)11-13(16)3/h5,10-11,14-15H,4,6-9,17H2,1-3H3. The summed E-state index contributed by atoms with van der Waals surface area (Å²) < 4.78 is 27.6. The number of sulfonamides is 1. The molecule has 1 aromatic rings. The summed E-state index contributed by atoms with van der Waals surface area (Å²) in [5, 5.41) is 0. The summed E-state index contributed by atoms with van der Waals surface area (Å²) in [4.78, 5) is 0.435. The van der Waals surface area contributed by atoms with E-state index >= 15 is 0 Å². The Morgan fingerprint density at radius 3 is 2.33 bits per heavy atom. The van der Waals surface area contributed by atoms with E-state index in [2.05, 4.69) is 0 Å². The third kappa shape index (κ3) is 3.47. The maximum Gasteiger partial charge on any atom is 0.243 e. The van der Waals surface area contributed by atoms with Gasteiger partial charge in [-0.3, -0.25) is 0 Å². The molecule has 0 amide bonds. The van der Waals surface area contributed by atoms with E-state index in [1.807, 2.05) is 32.9 Å². The van der Waals surface area contributed by atoms with Crippen molar-refractivity contribution in [3.8, 4) is 0 Å². The molecule has 4 nitrogen and oxygen atoms in total. The Hall–Kier alpha value is -0.910. The van der Waals surface area contributed by atoms with Gasteiger partial charge in [-0.05, 0) is 51.2 Å². The highest BCUT2D eigenvalue weighted by atomic mass is 32.2. The lowest BCUT2D eigenvalue weighted by molar-refractivity contribution is 0.247. The molecule has 5 heteroatoms. The van der Waals surface area contributed by atoms with Crippen LogP contribution in [-0.2, 0) is 10.0 Å². The van der Waals surface area contributed by atoms with Crippen molar-refractivity contribution in [3.63, 3.8) is 0 Å². The van der Waals surface area contributed by atoms with Crippen LogP contribution in [0, 0.1) is 13.8 Å². The topological polar surface area (TPSA) is 63.4 Å². The lowest BCUT2D eigenvalue weighted by Crippen LogP contribution is -2.44. The summed E-state index contributed by atoms with van der Waals surface area (Å²) in [6.07, 6.45) is 3.53. The summed E-state index contributed by atoms with van der Waals surface area (Å²) in [5.74, 6) is 0. The normalized spacial score (nSPS) is 23.5. The zero-order valence-corrected chi connectivity index (χ0v) is 14.0. The summed E-state index contributed by atoms with van der Waals surface area (Å²) in [6, 6.07) is 5.84. The Labute approximate surface area is 128 Å². The number of hydrogen-bond donors (Lipinski definition) is 1. The van der Waals surface area contributed by atoms with Gasteiger partial charge in [-0.2, -0.15) is 4.31 Å². The number of nitrogens with two attached hydrogens (primary N) is 1. The van der Waals surface area contributed by atoms with Gasteiger partial charge in [-0.15, -0.1) is 0 Å². The van der Waals surface area contributed by atoms with Crippen molar-refractivity contribution < 1.29 is 8.42 Å². The summed E-state index contributed by atoms with van der Waals surface area (Å²) >= 11 is 0. The van der Waals surface area contributed by atoms with Crippen LogP contribution in [0.5, 0.6) is 0 Å². The van der Waals surface area contributed by atoms with Crippen LogP contribution in [0.3, 0.4) is 0 Å². The molecule has 118 valence electrons. The van der Waals surface area contributed by atoms with Crippen LogP contribution >= 0.6 is 0 Å². The SMILES string of the molecule is CCN(C1CCC(N)CC1)S(=O)(=O)c1ccc(C)cc1C. The van der Waals surface area contributed by atoms with Gasteiger partial charge >= 0.3 is 0 Å². The van der Waals surface area contributed by atoms with Gasteiger partial charge in [0.1, 0.15) is 0 Å². The molecule has 0 bridgehead atoms. The van der Waals surface area contributed by atoms with Crippen molar-refractivity contribution in [2.45, 2.75) is 63.4 Å². The molecule has 0 atom stereocenters.